The summed E-state index contributed by atoms with van der Waals surface area (Å²) in [5.74, 6) is 0.312. The van der Waals surface area contributed by atoms with Gasteiger partial charge in [-0.3, -0.25) is 4.79 Å². The minimum Gasteiger partial charge on any atom is -0.496 e. The smallest absolute Gasteiger partial charge is 0.329 e. The van der Waals surface area contributed by atoms with E-state index in [-0.39, 0.29) is 11.3 Å². The zero-order valence-electron chi connectivity index (χ0n) is 21.0. The number of benzene rings is 3. The van der Waals surface area contributed by atoms with Crippen molar-refractivity contribution in [2.75, 3.05) is 19.1 Å². The van der Waals surface area contributed by atoms with E-state index in [1.165, 1.54) is 11.0 Å². The largest absolute Gasteiger partial charge is 0.496 e. The Kier molecular flexibility index (Phi) is 8.37. The number of anilines is 1. The molecule has 0 saturated carbocycles. The Balaban J connectivity index is 1.87. The second kappa shape index (κ2) is 11.3. The van der Waals surface area contributed by atoms with E-state index < -0.39 is 28.0 Å². The lowest BCUT2D eigenvalue weighted by atomic mass is 10.0. The van der Waals surface area contributed by atoms with Gasteiger partial charge in [-0.15, -0.1) is 0 Å². The Morgan fingerprint density at radius 1 is 0.917 bits per heavy atom. The molecule has 3 aromatic carbocycles. The summed E-state index contributed by atoms with van der Waals surface area (Å²) < 4.78 is 33.0. The van der Waals surface area contributed by atoms with Crippen LogP contribution in [0.15, 0.2) is 71.6 Å². The third-order valence-electron chi connectivity index (χ3n) is 5.90. The van der Waals surface area contributed by atoms with Crippen molar-refractivity contribution in [3.05, 3.63) is 89.0 Å². The first kappa shape index (κ1) is 26.7. The summed E-state index contributed by atoms with van der Waals surface area (Å²) in [4.78, 5) is 27.9. The van der Waals surface area contributed by atoms with Crippen molar-refractivity contribution in [3.8, 4) is 5.75 Å². The molecule has 0 aromatic heterocycles. The number of rotatable bonds is 8. The SMILES string of the molecule is COc1cc(C)c(N(C)C(=O)[C@H](Cc2ccccc2)NC(=O)NS(=O)(=O)c2ccccc2C)cc1C. The standard InChI is InChI=1S/C27H31N3O5S/c1-18-11-9-10-14-25(18)36(33,34)29-27(32)28-22(17-21-12-7-6-8-13-21)26(31)30(4)23-15-20(3)24(35-5)16-19(23)2/h6-16,22H,17H2,1-5H3,(H2,28,29,32)/t22-/m0/s1. The van der Waals surface area contributed by atoms with Crippen LogP contribution in [-0.4, -0.2) is 40.6 Å². The minimum absolute atomic E-state index is 0.00691. The zero-order valence-corrected chi connectivity index (χ0v) is 21.8. The average molecular weight is 510 g/mol. The van der Waals surface area contributed by atoms with Crippen LogP contribution >= 0.6 is 0 Å². The molecule has 0 aliphatic rings. The first-order valence-electron chi connectivity index (χ1n) is 11.4. The Morgan fingerprint density at radius 2 is 1.56 bits per heavy atom. The maximum absolute atomic E-state index is 13.6. The molecule has 0 heterocycles. The Hall–Kier alpha value is -3.85. The van der Waals surface area contributed by atoms with Crippen LogP contribution in [0.2, 0.25) is 0 Å². The number of amides is 3. The summed E-state index contributed by atoms with van der Waals surface area (Å²) in [6.45, 7) is 5.38. The molecule has 1 atom stereocenters. The molecule has 2 N–H and O–H groups in total. The molecular weight excluding hydrogens is 478 g/mol. The molecule has 9 heteroatoms. The van der Waals surface area contributed by atoms with E-state index in [9.17, 15) is 18.0 Å². The van der Waals surface area contributed by atoms with Gasteiger partial charge in [-0.2, -0.15) is 0 Å². The van der Waals surface area contributed by atoms with Gasteiger partial charge in [0, 0.05) is 19.2 Å². The highest BCUT2D eigenvalue weighted by Gasteiger charge is 2.28. The number of aryl methyl sites for hydroxylation is 3. The van der Waals surface area contributed by atoms with Crippen LogP contribution in [0.5, 0.6) is 5.75 Å². The number of likely N-dealkylation sites (N-methyl/N-ethyl adjacent to an activating group) is 1. The third kappa shape index (κ3) is 6.23. The first-order valence-corrected chi connectivity index (χ1v) is 12.9. The summed E-state index contributed by atoms with van der Waals surface area (Å²) in [6, 6.07) is 17.2. The second-order valence-electron chi connectivity index (χ2n) is 8.59. The Bertz CT molecular complexity index is 1360. The van der Waals surface area contributed by atoms with Crippen LogP contribution in [0.4, 0.5) is 10.5 Å². The lowest BCUT2D eigenvalue weighted by molar-refractivity contribution is -0.120. The Morgan fingerprint density at radius 3 is 2.19 bits per heavy atom. The van der Waals surface area contributed by atoms with Crippen LogP contribution in [0.25, 0.3) is 0 Å². The van der Waals surface area contributed by atoms with E-state index in [4.69, 9.17) is 4.74 Å². The fourth-order valence-electron chi connectivity index (χ4n) is 3.98. The lowest BCUT2D eigenvalue weighted by Gasteiger charge is -2.27. The van der Waals surface area contributed by atoms with Crippen LogP contribution in [0.1, 0.15) is 22.3 Å². The number of hydrogen-bond donors (Lipinski definition) is 2. The van der Waals surface area contributed by atoms with Crippen LogP contribution in [-0.2, 0) is 21.2 Å². The van der Waals surface area contributed by atoms with Gasteiger partial charge < -0.3 is 15.0 Å². The molecule has 0 saturated heterocycles. The van der Waals surface area contributed by atoms with Crippen molar-refractivity contribution in [2.24, 2.45) is 0 Å². The van der Waals surface area contributed by atoms with E-state index in [1.54, 1.807) is 39.3 Å². The number of nitrogens with zero attached hydrogens (tertiary/aromatic N) is 1. The van der Waals surface area contributed by atoms with E-state index >= 15 is 0 Å². The zero-order chi connectivity index (χ0) is 26.5. The first-order chi connectivity index (χ1) is 17.0. The van der Waals surface area contributed by atoms with Crippen molar-refractivity contribution in [1.82, 2.24) is 10.0 Å². The molecule has 0 aliphatic heterocycles. The molecule has 190 valence electrons. The maximum Gasteiger partial charge on any atom is 0.329 e. The highest BCUT2D eigenvalue weighted by atomic mass is 32.2. The predicted octanol–water partition coefficient (Wildman–Crippen LogP) is 3.88. The molecule has 3 aromatic rings. The van der Waals surface area contributed by atoms with Crippen LogP contribution in [0, 0.1) is 20.8 Å². The normalized spacial score (nSPS) is 11.9. The summed E-state index contributed by atoms with van der Waals surface area (Å²) in [6.07, 6.45) is 0.177. The molecule has 0 bridgehead atoms. The number of carbonyl (C=O) groups is 2. The molecule has 0 aliphatic carbocycles. The van der Waals surface area contributed by atoms with Crippen molar-refractivity contribution in [3.63, 3.8) is 0 Å². The van der Waals surface area contributed by atoms with Gasteiger partial charge in [-0.25, -0.2) is 17.9 Å². The van der Waals surface area contributed by atoms with Gasteiger partial charge in [-0.1, -0.05) is 48.5 Å². The molecule has 36 heavy (non-hydrogen) atoms. The highest BCUT2D eigenvalue weighted by Crippen LogP contribution is 2.28. The van der Waals surface area contributed by atoms with Gasteiger partial charge in [0.05, 0.1) is 12.0 Å². The van der Waals surface area contributed by atoms with Crippen LogP contribution in [0.3, 0.4) is 0 Å². The summed E-state index contributed by atoms with van der Waals surface area (Å²) in [7, 11) is -0.921. The quantitative estimate of drug-likeness (QED) is 0.480. The van der Waals surface area contributed by atoms with Crippen molar-refractivity contribution < 1.29 is 22.7 Å². The van der Waals surface area contributed by atoms with E-state index in [0.717, 1.165) is 16.7 Å². The van der Waals surface area contributed by atoms with Gasteiger partial charge in [0.2, 0.25) is 5.91 Å². The lowest BCUT2D eigenvalue weighted by Crippen LogP contribution is -2.52. The highest BCUT2D eigenvalue weighted by molar-refractivity contribution is 7.90. The fourth-order valence-corrected chi connectivity index (χ4v) is 5.14. The molecule has 0 fully saturated rings. The van der Waals surface area contributed by atoms with Gasteiger partial charge in [-0.05, 0) is 61.2 Å². The summed E-state index contributed by atoms with van der Waals surface area (Å²) in [5.41, 5.74) is 3.64. The number of sulfonamides is 1. The molecule has 0 unspecified atom stereocenters. The number of nitrogens with one attached hydrogen (secondary N) is 2. The number of methoxy groups -OCH3 is 1. The summed E-state index contributed by atoms with van der Waals surface area (Å²) in [5, 5.41) is 2.57. The predicted molar refractivity (Wildman–Crippen MR) is 140 cm³/mol. The molecule has 0 spiro atoms. The van der Waals surface area contributed by atoms with Gasteiger partial charge >= 0.3 is 6.03 Å². The van der Waals surface area contributed by atoms with E-state index in [0.29, 0.717) is 17.0 Å². The monoisotopic (exact) mass is 509 g/mol. The molecule has 8 nitrogen and oxygen atoms in total. The van der Waals surface area contributed by atoms with Gasteiger partial charge in [0.1, 0.15) is 11.8 Å². The number of ether oxygens (including phenoxy) is 1. The molecule has 3 rings (SSSR count). The molecule has 3 amide bonds. The third-order valence-corrected chi connectivity index (χ3v) is 7.39. The number of urea groups is 1. The van der Waals surface area contributed by atoms with Crippen molar-refractivity contribution in [1.29, 1.82) is 0 Å². The van der Waals surface area contributed by atoms with Crippen molar-refractivity contribution >= 4 is 27.6 Å². The Labute approximate surface area is 212 Å². The number of carbonyl (C=O) groups excluding carboxylic acids is 2. The average Bonchev–Trinajstić information content (AvgIpc) is 2.84. The molecular formula is C27H31N3O5S. The van der Waals surface area contributed by atoms with Crippen LogP contribution < -0.4 is 19.7 Å². The van der Waals surface area contributed by atoms with Gasteiger partial charge in [0.25, 0.3) is 10.0 Å². The van der Waals surface area contributed by atoms with E-state index in [2.05, 4.69) is 5.32 Å². The number of hydrogen-bond acceptors (Lipinski definition) is 5. The minimum atomic E-state index is -4.13. The fraction of sp³-hybridized carbons (Fsp3) is 0.259. The van der Waals surface area contributed by atoms with E-state index in [1.807, 2.05) is 61.0 Å². The molecule has 0 radical (unpaired) electrons. The van der Waals surface area contributed by atoms with Crippen molar-refractivity contribution in [2.45, 2.75) is 38.1 Å². The summed E-state index contributed by atoms with van der Waals surface area (Å²) >= 11 is 0. The second-order valence-corrected chi connectivity index (χ2v) is 10.2. The topological polar surface area (TPSA) is 105 Å². The maximum atomic E-state index is 13.6. The van der Waals surface area contributed by atoms with Gasteiger partial charge in [0.15, 0.2) is 0 Å².